The van der Waals surface area contributed by atoms with Gasteiger partial charge in [0.1, 0.15) is 66.3 Å². The predicted molar refractivity (Wildman–Crippen MR) is 263 cm³/mol. The second-order valence-corrected chi connectivity index (χ2v) is 24.5. The molecule has 39 nitrogen and oxygen atoms in total. The molecule has 6 aromatic rings. The third-order valence-electron chi connectivity index (χ3n) is 12.6. The van der Waals surface area contributed by atoms with Crippen LogP contribution >= 0.6 is 31.3 Å². The Hall–Kier alpha value is -5.15. The molecule has 0 aliphatic carbocycles. The molecule has 9 rings (SSSR count). The summed E-state index contributed by atoms with van der Waals surface area (Å²) >= 11 is 0. The second-order valence-electron chi connectivity index (χ2n) is 18.5. The summed E-state index contributed by atoms with van der Waals surface area (Å²) in [7, 11) is -19.3. The van der Waals surface area contributed by atoms with E-state index in [0.717, 1.165) is 24.9 Å². The van der Waals surface area contributed by atoms with E-state index < -0.39 is 141 Å². The van der Waals surface area contributed by atoms with Crippen LogP contribution in [-0.2, 0) is 75.7 Å². The van der Waals surface area contributed by atoms with E-state index in [0.29, 0.717) is 0 Å². The molecule has 0 radical (unpaired) electrons. The number of aryl methyl sites for hydroxylation is 1. The molecule has 43 heteroatoms. The van der Waals surface area contributed by atoms with Crippen LogP contribution in [0, 0.1) is 0 Å². The summed E-state index contributed by atoms with van der Waals surface area (Å²) in [6, 6.07) is 0. The van der Waals surface area contributed by atoms with Crippen molar-refractivity contribution < 1.29 is 108 Å². The van der Waals surface area contributed by atoms with Crippen LogP contribution in [0.3, 0.4) is 0 Å². The first kappa shape index (κ1) is 59.5. The molecule has 7 unspecified atom stereocenters. The average molecular weight is 1220 g/mol. The molecule has 0 amide bonds. The van der Waals surface area contributed by atoms with Gasteiger partial charge in [-0.25, -0.2) is 42.8 Å². The number of aromatic amines is 2. The van der Waals surface area contributed by atoms with Crippen LogP contribution in [0.2, 0.25) is 0 Å². The average Bonchev–Trinajstić information content (AvgIpc) is 4.32. The molecule has 80 heavy (non-hydrogen) atoms. The lowest BCUT2D eigenvalue weighted by Gasteiger charge is -2.27. The zero-order chi connectivity index (χ0) is 58.2. The Labute approximate surface area is 447 Å². The normalized spacial score (nSPS) is 30.3. The highest BCUT2D eigenvalue weighted by Crippen LogP contribution is 2.68. The Morgan fingerprint density at radius 2 is 1.35 bits per heavy atom. The zero-order valence-corrected chi connectivity index (χ0v) is 45.9. The number of anilines is 3. The van der Waals surface area contributed by atoms with Gasteiger partial charge in [0.05, 0.1) is 45.6 Å². The number of aliphatic hydroxyl groups excluding tert-OH is 2. The van der Waals surface area contributed by atoms with Crippen LogP contribution in [0.15, 0.2) is 34.9 Å². The highest BCUT2D eigenvalue weighted by molar-refractivity contribution is 7.66. The summed E-state index contributed by atoms with van der Waals surface area (Å²) in [6.07, 6.45) is -13.1. The molecule has 6 aromatic heterocycles. The summed E-state index contributed by atoms with van der Waals surface area (Å²) in [4.78, 5) is 97.5. The fourth-order valence-corrected chi connectivity index (χ4v) is 13.7. The van der Waals surface area contributed by atoms with Crippen LogP contribution in [0.1, 0.15) is 39.5 Å². The van der Waals surface area contributed by atoms with Crippen LogP contribution in [0.4, 0.5) is 17.7 Å². The van der Waals surface area contributed by atoms with Crippen molar-refractivity contribution in [1.82, 2.24) is 53.6 Å². The topological polar surface area (TPSA) is 537 Å². The molecule has 0 saturated carbocycles. The Morgan fingerprint density at radius 3 is 1.99 bits per heavy atom. The standard InChI is InChI=1S/C37H53N15O24P4/c1-14(2)70-22-15(71-32(21(22)53)51-12-44-19-28(51)45-35(38)47-30(19)55)7-67-77(58,59)74-23-16(72-33(24(23)66-6)50-11-43-18-26(40-4)41-10-42-27(18)50)8-68-78(60,61)75-80(64,65)76-79(62,63)69-9-17-25(54)37(3,57)34(73-17)52-13-49(5)20-29(52)46-36(39)48-31(20)56/h10-17,21-25,32-34,53-54,57H,7-9H2,1-6H3,(H10-,38,39,40,41,42,45,46,47,48,55,56,58,59,60,61,62,63,64,65)/p+1/t15-,16-,17-,21?,22+,23+,24?,25+,32-,33-,34-,37?/m1/s1. The summed E-state index contributed by atoms with van der Waals surface area (Å²) in [5.41, 5.74) is 7.81. The van der Waals surface area contributed by atoms with Gasteiger partial charge < -0.3 is 75.4 Å². The first-order valence-corrected chi connectivity index (χ1v) is 29.3. The number of imidazole rings is 3. The third kappa shape index (κ3) is 11.9. The number of H-pyrrole nitrogens is 2. The largest absolute Gasteiger partial charge is 0.490 e. The van der Waals surface area contributed by atoms with Gasteiger partial charge in [-0.05, 0) is 20.8 Å². The number of rotatable bonds is 22. The van der Waals surface area contributed by atoms with E-state index in [1.165, 1.54) is 39.7 Å². The number of aliphatic hydroxyl groups is 3. The monoisotopic (exact) mass is 1220 g/mol. The van der Waals surface area contributed by atoms with Gasteiger partial charge in [0.2, 0.25) is 17.7 Å². The minimum absolute atomic E-state index is 0.0239. The first-order valence-electron chi connectivity index (χ1n) is 23.4. The van der Waals surface area contributed by atoms with Gasteiger partial charge in [-0.1, -0.05) is 4.98 Å². The maximum absolute atomic E-state index is 14.0. The van der Waals surface area contributed by atoms with E-state index in [2.05, 4.69) is 53.8 Å². The van der Waals surface area contributed by atoms with Crippen LogP contribution < -0.4 is 32.5 Å². The number of methoxy groups -OCH3 is 1. The van der Waals surface area contributed by atoms with Gasteiger partial charge in [-0.2, -0.15) is 13.6 Å². The summed E-state index contributed by atoms with van der Waals surface area (Å²) in [5.74, 6) is -0.326. The van der Waals surface area contributed by atoms with E-state index in [9.17, 15) is 62.7 Å². The molecule has 440 valence electrons. The number of phosphoric acid groups is 4. The maximum atomic E-state index is 14.0. The molecule has 0 bridgehead atoms. The second kappa shape index (κ2) is 22.2. The molecule has 3 aliphatic heterocycles. The summed E-state index contributed by atoms with van der Waals surface area (Å²) in [6.45, 7) is 1.14. The SMILES string of the molecule is CNc1ncnc2c1ncn2[C@@H]1O[C@H](COP(=O)(O)OP(=O)(O)OP(=O)(O)OC[C@H]2O[C@@H]([n+]3cn(C)c4c(=O)[nH]c(N)nc43)C(C)(O)[C@H]2O)[C@H](OP(=O)(O)OC[C@H]2O[C@@H](n3cnc4c(=O)[nH]c(N)nc43)C(O)[C@H]2OC(C)C)C1OC. The zero-order valence-electron chi connectivity index (χ0n) is 42.3. The highest BCUT2D eigenvalue weighted by atomic mass is 31.3. The molecule has 3 aliphatic rings. The fourth-order valence-electron chi connectivity index (χ4n) is 9.19. The first-order chi connectivity index (χ1) is 37.4. The summed E-state index contributed by atoms with van der Waals surface area (Å²) < 4.78 is 117. The number of aromatic nitrogens is 12. The molecule has 0 spiro atoms. The molecular weight excluding hydrogens is 1160 g/mol. The lowest BCUT2D eigenvalue weighted by atomic mass is 9.96. The van der Waals surface area contributed by atoms with Crippen molar-refractivity contribution in [3.8, 4) is 0 Å². The smallest absolute Gasteiger partial charge is 0.387 e. The highest BCUT2D eigenvalue weighted by Gasteiger charge is 2.57. The number of nitrogen functional groups attached to an aromatic ring is 2. The Balaban J connectivity index is 0.889. The number of nitrogens with one attached hydrogen (secondary N) is 3. The van der Waals surface area contributed by atoms with Gasteiger partial charge in [0.15, 0.2) is 41.4 Å². The van der Waals surface area contributed by atoms with Gasteiger partial charge in [-0.15, -0.1) is 0 Å². The molecule has 0 aromatic carbocycles. The van der Waals surface area contributed by atoms with E-state index in [1.807, 2.05) is 0 Å². The van der Waals surface area contributed by atoms with Crippen molar-refractivity contribution in [3.63, 3.8) is 0 Å². The van der Waals surface area contributed by atoms with E-state index in [-0.39, 0.29) is 51.2 Å². The third-order valence-corrected chi connectivity index (χ3v) is 17.8. The van der Waals surface area contributed by atoms with E-state index >= 15 is 0 Å². The minimum Gasteiger partial charge on any atom is -0.387 e. The number of hydrogen-bond acceptors (Lipinski definition) is 29. The van der Waals surface area contributed by atoms with Gasteiger partial charge >= 0.3 is 36.9 Å². The Kier molecular flexibility index (Phi) is 16.5. The predicted octanol–water partition coefficient (Wildman–Crippen LogP) is -2.43. The van der Waals surface area contributed by atoms with Crippen molar-refractivity contribution in [2.75, 3.05) is 50.8 Å². The van der Waals surface area contributed by atoms with Crippen molar-refractivity contribution >= 4 is 82.5 Å². The van der Waals surface area contributed by atoms with Gasteiger partial charge in [0.25, 0.3) is 17.1 Å². The van der Waals surface area contributed by atoms with E-state index in [4.69, 9.17) is 53.2 Å². The quantitative estimate of drug-likeness (QED) is 0.0248. The Morgan fingerprint density at radius 1 is 0.775 bits per heavy atom. The minimum atomic E-state index is -6.21. The van der Waals surface area contributed by atoms with Crippen LogP contribution in [0.5, 0.6) is 0 Å². The van der Waals surface area contributed by atoms with Gasteiger partial charge in [-0.3, -0.25) is 51.4 Å². The van der Waals surface area contributed by atoms with Crippen molar-refractivity contribution in [2.24, 2.45) is 7.05 Å². The molecular formula is C37H54N15O24P4+. The van der Waals surface area contributed by atoms with Crippen LogP contribution in [0.25, 0.3) is 33.5 Å². The van der Waals surface area contributed by atoms with Gasteiger partial charge in [0, 0.05) is 14.2 Å². The number of nitrogens with two attached hydrogens (primary N) is 2. The Bertz CT molecular complexity index is 3620. The molecule has 3 fully saturated rings. The maximum Gasteiger partial charge on any atom is 0.490 e. The number of nitrogens with zero attached hydrogens (tertiary/aromatic N) is 10. The van der Waals surface area contributed by atoms with Crippen molar-refractivity contribution in [1.29, 1.82) is 0 Å². The molecule has 16 atom stereocenters. The fraction of sp³-hybridized carbons (Fsp3) is 0.595. The lowest BCUT2D eigenvalue weighted by molar-refractivity contribution is -0.752. The number of fused-ring (bicyclic) bond motifs is 3. The van der Waals surface area contributed by atoms with E-state index in [1.54, 1.807) is 20.9 Å². The number of ether oxygens (including phenoxy) is 5. The molecule has 9 heterocycles. The molecule has 14 N–H and O–H groups in total. The number of phosphoric ester groups is 3. The summed E-state index contributed by atoms with van der Waals surface area (Å²) in [5, 5.41) is 36.6. The molecule has 3 saturated heterocycles. The van der Waals surface area contributed by atoms with Crippen molar-refractivity contribution in [2.45, 2.75) is 100.0 Å². The van der Waals surface area contributed by atoms with Crippen molar-refractivity contribution in [3.05, 3.63) is 46.0 Å². The lowest BCUT2D eigenvalue weighted by Crippen LogP contribution is -2.53. The van der Waals surface area contributed by atoms with Crippen LogP contribution in [-0.4, -0.2) is 183 Å². The number of hydrogen-bond donors (Lipinski definition) is 12.